The molecule has 0 radical (unpaired) electrons. The second kappa shape index (κ2) is 7.33. The van der Waals surface area contributed by atoms with Gasteiger partial charge < -0.3 is 9.47 Å². The van der Waals surface area contributed by atoms with Gasteiger partial charge in [0.15, 0.2) is 0 Å². The average Bonchev–Trinajstić information content (AvgIpc) is 2.37. The van der Waals surface area contributed by atoms with Gasteiger partial charge in [0.05, 0.1) is 13.7 Å². The number of allylic oxidation sites excluding steroid dienone is 2. The van der Waals surface area contributed by atoms with Crippen LogP contribution in [-0.2, 0) is 9.53 Å². The molecule has 0 atom stereocenters. The van der Waals surface area contributed by atoms with E-state index in [2.05, 4.69) is 0 Å². The van der Waals surface area contributed by atoms with Crippen LogP contribution in [0.15, 0.2) is 42.0 Å². The minimum Gasteiger partial charge on any atom is -0.497 e. The summed E-state index contributed by atoms with van der Waals surface area (Å²) in [4.78, 5) is 11.2. The summed E-state index contributed by atoms with van der Waals surface area (Å²) < 4.78 is 9.97. The summed E-state index contributed by atoms with van der Waals surface area (Å²) in [6.07, 6.45) is 5.26. The molecule has 0 fully saturated rings. The van der Waals surface area contributed by atoms with Gasteiger partial charge in [0, 0.05) is 6.08 Å². The number of carbonyl (C=O) groups is 1. The fraction of sp³-hybridized carbons (Fsp3) is 0.267. The molecule has 0 saturated heterocycles. The predicted molar refractivity (Wildman–Crippen MR) is 72.4 cm³/mol. The fourth-order valence-electron chi connectivity index (χ4n) is 1.39. The molecule has 18 heavy (non-hydrogen) atoms. The second-order valence-corrected chi connectivity index (χ2v) is 3.75. The summed E-state index contributed by atoms with van der Waals surface area (Å²) in [5.74, 6) is 0.495. The zero-order valence-corrected chi connectivity index (χ0v) is 11.0. The maximum absolute atomic E-state index is 11.2. The lowest BCUT2D eigenvalue weighted by Crippen LogP contribution is -1.99. The van der Waals surface area contributed by atoms with Gasteiger partial charge in [0.25, 0.3) is 0 Å². The second-order valence-electron chi connectivity index (χ2n) is 3.75. The lowest BCUT2D eigenvalue weighted by molar-refractivity contribution is -0.137. The Balaban J connectivity index is 2.70. The third kappa shape index (κ3) is 4.87. The van der Waals surface area contributed by atoms with Crippen molar-refractivity contribution >= 4 is 12.0 Å². The molecule has 3 heteroatoms. The highest BCUT2D eigenvalue weighted by Crippen LogP contribution is 2.14. The Morgan fingerprint density at radius 2 is 2.17 bits per heavy atom. The zero-order valence-electron chi connectivity index (χ0n) is 11.0. The van der Waals surface area contributed by atoms with Crippen LogP contribution >= 0.6 is 0 Å². The number of ether oxygens (including phenoxy) is 2. The van der Waals surface area contributed by atoms with Crippen LogP contribution in [0.4, 0.5) is 0 Å². The Bertz CT molecular complexity index is 459. The van der Waals surface area contributed by atoms with E-state index in [-0.39, 0.29) is 5.97 Å². The van der Waals surface area contributed by atoms with Gasteiger partial charge in [-0.2, -0.15) is 0 Å². The molecule has 0 aliphatic heterocycles. The van der Waals surface area contributed by atoms with Crippen LogP contribution in [0.2, 0.25) is 0 Å². The molecule has 0 N–H and O–H groups in total. The first-order valence-electron chi connectivity index (χ1n) is 5.83. The number of benzene rings is 1. The highest BCUT2D eigenvalue weighted by molar-refractivity contribution is 5.83. The van der Waals surface area contributed by atoms with Crippen LogP contribution in [0.5, 0.6) is 5.75 Å². The normalized spacial score (nSPS) is 11.6. The van der Waals surface area contributed by atoms with E-state index in [1.807, 2.05) is 43.3 Å². The van der Waals surface area contributed by atoms with Crippen LogP contribution in [0, 0.1) is 0 Å². The SMILES string of the molecule is CCOC(=O)/C=C(C)/C=C/c1cccc(OC)c1. The number of rotatable bonds is 5. The van der Waals surface area contributed by atoms with E-state index in [0.29, 0.717) is 6.61 Å². The van der Waals surface area contributed by atoms with Gasteiger partial charge in [-0.3, -0.25) is 0 Å². The molecular weight excluding hydrogens is 228 g/mol. The van der Waals surface area contributed by atoms with Gasteiger partial charge in [0.2, 0.25) is 0 Å². The van der Waals surface area contributed by atoms with Gasteiger partial charge in [0.1, 0.15) is 5.75 Å². The Morgan fingerprint density at radius 1 is 1.39 bits per heavy atom. The Morgan fingerprint density at radius 3 is 2.83 bits per heavy atom. The van der Waals surface area contributed by atoms with Crippen molar-refractivity contribution in [1.29, 1.82) is 0 Å². The van der Waals surface area contributed by atoms with E-state index in [9.17, 15) is 4.79 Å². The van der Waals surface area contributed by atoms with E-state index in [1.54, 1.807) is 14.0 Å². The van der Waals surface area contributed by atoms with Gasteiger partial charge >= 0.3 is 5.97 Å². The van der Waals surface area contributed by atoms with Crippen molar-refractivity contribution in [2.45, 2.75) is 13.8 Å². The minimum atomic E-state index is -0.315. The first kappa shape index (κ1) is 14.0. The molecule has 96 valence electrons. The lowest BCUT2D eigenvalue weighted by atomic mass is 10.1. The van der Waals surface area contributed by atoms with Crippen LogP contribution in [-0.4, -0.2) is 19.7 Å². The van der Waals surface area contributed by atoms with E-state index in [1.165, 1.54) is 6.08 Å². The number of carbonyl (C=O) groups excluding carboxylic acids is 1. The van der Waals surface area contributed by atoms with Crippen LogP contribution in [0.1, 0.15) is 19.4 Å². The first-order chi connectivity index (χ1) is 8.65. The van der Waals surface area contributed by atoms with Crippen LogP contribution in [0.25, 0.3) is 6.08 Å². The molecule has 0 bridgehead atoms. The van der Waals surface area contributed by atoms with Crippen molar-refractivity contribution in [2.75, 3.05) is 13.7 Å². The standard InChI is InChI=1S/C15H18O3/c1-4-18-15(16)10-12(2)8-9-13-6-5-7-14(11-13)17-3/h5-11H,4H2,1-3H3/b9-8+,12-10+. The highest BCUT2D eigenvalue weighted by atomic mass is 16.5. The molecule has 1 aromatic rings. The number of methoxy groups -OCH3 is 1. The first-order valence-corrected chi connectivity index (χ1v) is 5.83. The quantitative estimate of drug-likeness (QED) is 0.454. The largest absolute Gasteiger partial charge is 0.497 e. The molecule has 0 spiro atoms. The Hall–Kier alpha value is -2.03. The van der Waals surface area contributed by atoms with Crippen LogP contribution in [0.3, 0.4) is 0 Å². The molecule has 0 unspecified atom stereocenters. The van der Waals surface area contributed by atoms with Gasteiger partial charge in [-0.15, -0.1) is 0 Å². The maximum atomic E-state index is 11.2. The van der Waals surface area contributed by atoms with Gasteiger partial charge in [-0.05, 0) is 37.1 Å². The van der Waals surface area contributed by atoms with E-state index in [0.717, 1.165) is 16.9 Å². The summed E-state index contributed by atoms with van der Waals surface area (Å²) >= 11 is 0. The summed E-state index contributed by atoms with van der Waals surface area (Å²) in [6, 6.07) is 7.70. The van der Waals surface area contributed by atoms with Crippen molar-refractivity contribution in [3.05, 3.63) is 47.6 Å². The molecule has 0 aliphatic rings. The van der Waals surface area contributed by atoms with Crippen molar-refractivity contribution < 1.29 is 14.3 Å². The minimum absolute atomic E-state index is 0.315. The summed E-state index contributed by atoms with van der Waals surface area (Å²) in [5, 5.41) is 0. The molecular formula is C15H18O3. The van der Waals surface area contributed by atoms with E-state index >= 15 is 0 Å². The molecule has 0 heterocycles. The number of hydrogen-bond donors (Lipinski definition) is 0. The van der Waals surface area contributed by atoms with Crippen molar-refractivity contribution in [3.63, 3.8) is 0 Å². The summed E-state index contributed by atoms with van der Waals surface area (Å²) in [5.41, 5.74) is 1.86. The number of hydrogen-bond acceptors (Lipinski definition) is 3. The molecule has 0 aliphatic carbocycles. The zero-order chi connectivity index (χ0) is 13.4. The van der Waals surface area contributed by atoms with E-state index in [4.69, 9.17) is 9.47 Å². The summed E-state index contributed by atoms with van der Waals surface area (Å²) in [6.45, 7) is 4.03. The fourth-order valence-corrected chi connectivity index (χ4v) is 1.39. The molecule has 1 rings (SSSR count). The molecule has 1 aromatic carbocycles. The molecule has 0 amide bonds. The van der Waals surface area contributed by atoms with E-state index < -0.39 is 0 Å². The highest BCUT2D eigenvalue weighted by Gasteiger charge is 1.96. The Labute approximate surface area is 108 Å². The monoisotopic (exact) mass is 246 g/mol. The molecule has 3 nitrogen and oxygen atoms in total. The third-order valence-corrected chi connectivity index (χ3v) is 2.26. The Kier molecular flexibility index (Phi) is 5.71. The maximum Gasteiger partial charge on any atom is 0.330 e. The molecule has 0 saturated carbocycles. The summed E-state index contributed by atoms with van der Waals surface area (Å²) in [7, 11) is 1.63. The molecule has 0 aromatic heterocycles. The predicted octanol–water partition coefficient (Wildman–Crippen LogP) is 3.22. The van der Waals surface area contributed by atoms with Crippen molar-refractivity contribution in [2.24, 2.45) is 0 Å². The topological polar surface area (TPSA) is 35.5 Å². The van der Waals surface area contributed by atoms with Gasteiger partial charge in [-0.25, -0.2) is 4.79 Å². The average molecular weight is 246 g/mol. The third-order valence-electron chi connectivity index (χ3n) is 2.26. The van der Waals surface area contributed by atoms with Crippen molar-refractivity contribution in [1.82, 2.24) is 0 Å². The smallest absolute Gasteiger partial charge is 0.330 e. The van der Waals surface area contributed by atoms with Crippen molar-refractivity contribution in [3.8, 4) is 5.75 Å². The lowest BCUT2D eigenvalue weighted by Gasteiger charge is -2.00. The number of esters is 1. The van der Waals surface area contributed by atoms with Gasteiger partial charge in [-0.1, -0.05) is 24.3 Å². The van der Waals surface area contributed by atoms with Crippen LogP contribution < -0.4 is 4.74 Å².